The molecule has 94 valence electrons. The fourth-order valence-corrected chi connectivity index (χ4v) is 1.69. The van der Waals surface area contributed by atoms with Gasteiger partial charge in [0.25, 0.3) is 5.92 Å². The number of alkyl halides is 2. The van der Waals surface area contributed by atoms with Gasteiger partial charge in [-0.05, 0) is 17.7 Å². The molecule has 17 heavy (non-hydrogen) atoms. The van der Waals surface area contributed by atoms with Crippen LogP contribution in [0.5, 0.6) is 11.5 Å². The van der Waals surface area contributed by atoms with Crippen LogP contribution in [0.2, 0.25) is 0 Å². The molecule has 0 unspecified atom stereocenters. The highest BCUT2D eigenvalue weighted by atomic mass is 19.3. The normalized spacial score (nSPS) is 14.1. The van der Waals surface area contributed by atoms with Crippen molar-refractivity contribution in [3.05, 3.63) is 23.3 Å². The van der Waals surface area contributed by atoms with Crippen LogP contribution in [-0.2, 0) is 17.3 Å². The van der Waals surface area contributed by atoms with E-state index < -0.39 is 5.92 Å². The van der Waals surface area contributed by atoms with E-state index in [-0.39, 0.29) is 18.9 Å². The van der Waals surface area contributed by atoms with Crippen molar-refractivity contribution in [2.24, 2.45) is 0 Å². The summed E-state index contributed by atoms with van der Waals surface area (Å²) in [6.45, 7) is 1.08. The van der Waals surface area contributed by atoms with E-state index in [9.17, 15) is 8.78 Å². The molecular formula is C11H13F2NO3. The maximum absolute atomic E-state index is 13.4. The van der Waals surface area contributed by atoms with Gasteiger partial charge in [-0.2, -0.15) is 5.48 Å². The van der Waals surface area contributed by atoms with E-state index >= 15 is 0 Å². The predicted octanol–water partition coefficient (Wildman–Crippen LogP) is 2.18. The van der Waals surface area contributed by atoms with Gasteiger partial charge in [0.1, 0.15) is 0 Å². The average molecular weight is 245 g/mol. The molecular weight excluding hydrogens is 232 g/mol. The van der Waals surface area contributed by atoms with E-state index in [0.29, 0.717) is 17.1 Å². The number of hydrogen-bond acceptors (Lipinski definition) is 4. The Bertz CT molecular complexity index is 418. The Hall–Kier alpha value is -1.40. The molecule has 0 fully saturated rings. The lowest BCUT2D eigenvalue weighted by Gasteiger charge is -2.16. The van der Waals surface area contributed by atoms with Crippen LogP contribution in [0.25, 0.3) is 0 Å². The Morgan fingerprint density at radius 1 is 1.35 bits per heavy atom. The van der Waals surface area contributed by atoms with Crippen molar-refractivity contribution in [1.82, 2.24) is 5.48 Å². The first-order valence-corrected chi connectivity index (χ1v) is 5.09. The third-order valence-electron chi connectivity index (χ3n) is 2.48. The number of benzene rings is 1. The highest BCUT2D eigenvalue weighted by Gasteiger charge is 2.30. The second kappa shape index (κ2) is 4.46. The minimum absolute atomic E-state index is 0.0607. The number of hydroxylamine groups is 1. The summed E-state index contributed by atoms with van der Waals surface area (Å²) in [4.78, 5) is 4.67. The van der Waals surface area contributed by atoms with Crippen molar-refractivity contribution in [2.75, 3.05) is 13.9 Å². The summed E-state index contributed by atoms with van der Waals surface area (Å²) in [5.41, 5.74) is 2.87. The minimum Gasteiger partial charge on any atom is -0.454 e. The Morgan fingerprint density at radius 2 is 2.00 bits per heavy atom. The monoisotopic (exact) mass is 245 g/mol. The molecule has 1 aromatic carbocycles. The Kier molecular flexibility index (Phi) is 3.17. The first-order chi connectivity index (χ1) is 8.02. The largest absolute Gasteiger partial charge is 0.454 e. The predicted molar refractivity (Wildman–Crippen MR) is 56.0 cm³/mol. The molecule has 1 N–H and O–H groups in total. The lowest BCUT2D eigenvalue weighted by atomic mass is 10.0. The van der Waals surface area contributed by atoms with Crippen LogP contribution in [0.4, 0.5) is 8.78 Å². The third kappa shape index (κ3) is 2.48. The van der Waals surface area contributed by atoms with Gasteiger partial charge in [0, 0.05) is 19.0 Å². The van der Waals surface area contributed by atoms with E-state index in [1.807, 2.05) is 0 Å². The molecule has 4 nitrogen and oxygen atoms in total. The molecule has 0 amide bonds. The summed E-state index contributed by atoms with van der Waals surface area (Å²) in [5, 5.41) is 0. The van der Waals surface area contributed by atoms with Crippen molar-refractivity contribution in [3.8, 4) is 11.5 Å². The fourth-order valence-electron chi connectivity index (χ4n) is 1.69. The van der Waals surface area contributed by atoms with Crippen molar-refractivity contribution >= 4 is 0 Å². The molecule has 1 aliphatic rings. The summed E-state index contributed by atoms with van der Waals surface area (Å²) in [6.07, 6.45) is 0. The van der Waals surface area contributed by atoms with Crippen LogP contribution >= 0.6 is 0 Å². The van der Waals surface area contributed by atoms with Crippen molar-refractivity contribution in [1.29, 1.82) is 0 Å². The van der Waals surface area contributed by atoms with Crippen molar-refractivity contribution in [2.45, 2.75) is 19.4 Å². The average Bonchev–Trinajstić information content (AvgIpc) is 2.70. The molecule has 0 atom stereocenters. The molecule has 2 rings (SSSR count). The lowest BCUT2D eigenvalue weighted by Crippen LogP contribution is -2.17. The molecule has 0 aliphatic carbocycles. The molecule has 0 aromatic heterocycles. The minimum atomic E-state index is -2.94. The van der Waals surface area contributed by atoms with Crippen LogP contribution in [-0.4, -0.2) is 13.9 Å². The number of halogens is 2. The van der Waals surface area contributed by atoms with Gasteiger partial charge in [-0.25, -0.2) is 8.78 Å². The summed E-state index contributed by atoms with van der Waals surface area (Å²) in [5.74, 6) is -2.11. The zero-order chi connectivity index (χ0) is 12.5. The van der Waals surface area contributed by atoms with Gasteiger partial charge in [0.15, 0.2) is 11.5 Å². The van der Waals surface area contributed by atoms with Gasteiger partial charge in [0.05, 0.1) is 7.11 Å². The summed E-state index contributed by atoms with van der Waals surface area (Å²) in [7, 11) is 1.43. The van der Waals surface area contributed by atoms with Crippen LogP contribution in [0.15, 0.2) is 12.1 Å². The summed E-state index contributed by atoms with van der Waals surface area (Å²) in [6, 6.07) is 2.86. The Morgan fingerprint density at radius 3 is 2.59 bits per heavy atom. The van der Waals surface area contributed by atoms with Crippen LogP contribution in [0.3, 0.4) is 0 Å². The number of hydrogen-bond donors (Lipinski definition) is 1. The molecule has 0 saturated carbocycles. The molecule has 0 bridgehead atoms. The fraction of sp³-hybridized carbons (Fsp3) is 0.455. The summed E-state index contributed by atoms with van der Waals surface area (Å²) >= 11 is 0. The van der Waals surface area contributed by atoms with E-state index in [0.717, 1.165) is 6.92 Å². The van der Waals surface area contributed by atoms with E-state index in [2.05, 4.69) is 10.3 Å². The maximum atomic E-state index is 13.4. The Labute approximate surface area is 97.4 Å². The quantitative estimate of drug-likeness (QED) is 0.825. The molecule has 1 aliphatic heterocycles. The van der Waals surface area contributed by atoms with Crippen LogP contribution in [0.1, 0.15) is 18.1 Å². The first kappa shape index (κ1) is 12.1. The van der Waals surface area contributed by atoms with Gasteiger partial charge in [-0.1, -0.05) is 0 Å². The SMILES string of the molecule is CONCc1cc2c(cc1C(C)(F)F)OCO2. The van der Waals surface area contributed by atoms with Gasteiger partial charge >= 0.3 is 0 Å². The van der Waals surface area contributed by atoms with Crippen LogP contribution in [0, 0.1) is 0 Å². The number of nitrogens with one attached hydrogen (secondary N) is 1. The topological polar surface area (TPSA) is 39.7 Å². The molecule has 0 saturated heterocycles. The second-order valence-corrected chi connectivity index (χ2v) is 3.78. The van der Waals surface area contributed by atoms with Crippen molar-refractivity contribution in [3.63, 3.8) is 0 Å². The first-order valence-electron chi connectivity index (χ1n) is 5.09. The summed E-state index contributed by atoms with van der Waals surface area (Å²) < 4.78 is 37.1. The van der Waals surface area contributed by atoms with Gasteiger partial charge in [-0.3, -0.25) is 0 Å². The van der Waals surface area contributed by atoms with Gasteiger partial charge in [-0.15, -0.1) is 0 Å². The molecule has 1 heterocycles. The molecule has 0 radical (unpaired) electrons. The highest BCUT2D eigenvalue weighted by Crippen LogP contribution is 2.40. The number of ether oxygens (including phenoxy) is 2. The zero-order valence-electron chi connectivity index (χ0n) is 9.55. The molecule has 1 aromatic rings. The van der Waals surface area contributed by atoms with Crippen molar-refractivity contribution < 1.29 is 23.1 Å². The maximum Gasteiger partial charge on any atom is 0.270 e. The lowest BCUT2D eigenvalue weighted by molar-refractivity contribution is 0.0149. The van der Waals surface area contributed by atoms with Gasteiger partial charge < -0.3 is 14.3 Å². The zero-order valence-corrected chi connectivity index (χ0v) is 9.55. The van der Waals surface area contributed by atoms with E-state index in [4.69, 9.17) is 9.47 Å². The van der Waals surface area contributed by atoms with E-state index in [1.165, 1.54) is 13.2 Å². The molecule has 0 spiro atoms. The number of rotatable bonds is 4. The standard InChI is InChI=1S/C11H13F2NO3/c1-11(12,13)8-4-10-9(16-6-17-10)3-7(8)5-14-15-2/h3-4,14H,5-6H2,1-2H3. The Balaban J connectivity index is 2.40. The van der Waals surface area contributed by atoms with Gasteiger partial charge in [0.2, 0.25) is 6.79 Å². The van der Waals surface area contributed by atoms with Crippen LogP contribution < -0.4 is 15.0 Å². The smallest absolute Gasteiger partial charge is 0.270 e. The highest BCUT2D eigenvalue weighted by molar-refractivity contribution is 5.49. The second-order valence-electron chi connectivity index (χ2n) is 3.78. The van der Waals surface area contributed by atoms with E-state index in [1.54, 1.807) is 6.07 Å². The molecule has 6 heteroatoms. The number of fused-ring (bicyclic) bond motifs is 1. The third-order valence-corrected chi connectivity index (χ3v) is 2.48.